The molecular weight excluding hydrogens is 368 g/mol. The van der Waals surface area contributed by atoms with Gasteiger partial charge in [0.1, 0.15) is 17.2 Å². The molecule has 8 nitrogen and oxygen atoms in total. The molecule has 0 aromatic carbocycles. The van der Waals surface area contributed by atoms with Gasteiger partial charge in [-0.25, -0.2) is 14.8 Å². The van der Waals surface area contributed by atoms with Gasteiger partial charge in [-0.1, -0.05) is 26.7 Å². The Labute approximate surface area is 169 Å². The molecule has 3 aromatic rings. The predicted octanol–water partition coefficient (Wildman–Crippen LogP) is 3.12. The van der Waals surface area contributed by atoms with Gasteiger partial charge in [-0.2, -0.15) is 0 Å². The SMILES string of the molecule is CCCn1c(=O)c2[nH]c(-c3ccc(NC4CCCC4)nc3)nc2n(CCC)c1=O. The maximum atomic E-state index is 12.8. The Kier molecular flexibility index (Phi) is 5.51. The second kappa shape index (κ2) is 8.23. The molecular formula is C21H28N6O2. The number of H-pyrrole nitrogens is 1. The Morgan fingerprint density at radius 1 is 1.10 bits per heavy atom. The summed E-state index contributed by atoms with van der Waals surface area (Å²) in [5, 5.41) is 3.47. The summed E-state index contributed by atoms with van der Waals surface area (Å²) in [4.78, 5) is 37.9. The van der Waals surface area contributed by atoms with Crippen molar-refractivity contribution < 1.29 is 0 Å². The van der Waals surface area contributed by atoms with Gasteiger partial charge in [-0.05, 0) is 37.8 Å². The highest BCUT2D eigenvalue weighted by atomic mass is 16.2. The molecule has 3 aromatic heterocycles. The lowest BCUT2D eigenvalue weighted by Crippen LogP contribution is -2.40. The first-order valence-corrected chi connectivity index (χ1v) is 10.6. The Morgan fingerprint density at radius 3 is 2.48 bits per heavy atom. The zero-order valence-corrected chi connectivity index (χ0v) is 17.1. The van der Waals surface area contributed by atoms with Gasteiger partial charge in [0.2, 0.25) is 0 Å². The topological polar surface area (TPSA) is 97.6 Å². The van der Waals surface area contributed by atoms with E-state index in [0.29, 0.717) is 42.5 Å². The van der Waals surface area contributed by atoms with Crippen LogP contribution in [-0.2, 0) is 13.1 Å². The van der Waals surface area contributed by atoms with Crippen molar-refractivity contribution in [1.29, 1.82) is 0 Å². The highest BCUT2D eigenvalue weighted by Crippen LogP contribution is 2.23. The second-order valence-electron chi connectivity index (χ2n) is 7.73. The predicted molar refractivity (Wildman–Crippen MR) is 114 cm³/mol. The van der Waals surface area contributed by atoms with Crippen LogP contribution in [0.5, 0.6) is 0 Å². The summed E-state index contributed by atoms with van der Waals surface area (Å²) in [7, 11) is 0. The Morgan fingerprint density at radius 2 is 1.83 bits per heavy atom. The van der Waals surface area contributed by atoms with E-state index in [1.54, 1.807) is 10.8 Å². The third-order valence-corrected chi connectivity index (χ3v) is 5.50. The molecule has 29 heavy (non-hydrogen) atoms. The van der Waals surface area contributed by atoms with Crippen molar-refractivity contribution in [2.24, 2.45) is 0 Å². The summed E-state index contributed by atoms with van der Waals surface area (Å²) in [6, 6.07) is 4.38. The van der Waals surface area contributed by atoms with Gasteiger partial charge in [0, 0.05) is 30.9 Å². The van der Waals surface area contributed by atoms with E-state index in [1.807, 2.05) is 26.0 Å². The second-order valence-corrected chi connectivity index (χ2v) is 7.73. The normalized spacial score (nSPS) is 14.7. The number of hydrogen-bond acceptors (Lipinski definition) is 5. The van der Waals surface area contributed by atoms with E-state index < -0.39 is 0 Å². The smallest absolute Gasteiger partial charge is 0.332 e. The number of aromatic amines is 1. The fraction of sp³-hybridized carbons (Fsp3) is 0.524. The van der Waals surface area contributed by atoms with E-state index in [9.17, 15) is 9.59 Å². The first-order valence-electron chi connectivity index (χ1n) is 10.6. The zero-order chi connectivity index (χ0) is 20.4. The number of nitrogens with one attached hydrogen (secondary N) is 2. The molecule has 0 radical (unpaired) electrons. The number of aromatic nitrogens is 5. The monoisotopic (exact) mass is 396 g/mol. The van der Waals surface area contributed by atoms with Gasteiger partial charge in [0.15, 0.2) is 5.65 Å². The van der Waals surface area contributed by atoms with Crippen LogP contribution in [0.4, 0.5) is 5.82 Å². The summed E-state index contributed by atoms with van der Waals surface area (Å²) in [5.74, 6) is 1.40. The molecule has 0 saturated heterocycles. The average molecular weight is 396 g/mol. The number of anilines is 1. The maximum absolute atomic E-state index is 12.8. The molecule has 0 bridgehead atoms. The maximum Gasteiger partial charge on any atom is 0.332 e. The molecule has 154 valence electrons. The lowest BCUT2D eigenvalue weighted by Gasteiger charge is -2.12. The lowest BCUT2D eigenvalue weighted by atomic mass is 10.2. The molecule has 1 saturated carbocycles. The van der Waals surface area contributed by atoms with E-state index in [-0.39, 0.29) is 11.2 Å². The molecule has 0 spiro atoms. The summed E-state index contributed by atoms with van der Waals surface area (Å²) < 4.78 is 2.89. The molecule has 2 N–H and O–H groups in total. The standard InChI is InChI=1S/C21H28N6O2/c1-3-11-26-19-17(20(28)27(12-4-2)21(26)29)24-18(25-19)14-9-10-16(22-13-14)23-15-7-5-6-8-15/h9-10,13,15H,3-8,11-12H2,1-2H3,(H,22,23)(H,24,25). The minimum atomic E-state index is -0.314. The molecule has 0 aliphatic heterocycles. The van der Waals surface area contributed by atoms with Crippen molar-refractivity contribution in [1.82, 2.24) is 24.1 Å². The molecule has 0 amide bonds. The largest absolute Gasteiger partial charge is 0.367 e. The van der Waals surface area contributed by atoms with Crippen molar-refractivity contribution in [3.63, 3.8) is 0 Å². The van der Waals surface area contributed by atoms with Crippen LogP contribution in [0.25, 0.3) is 22.6 Å². The molecule has 0 atom stereocenters. The number of rotatable bonds is 7. The quantitative estimate of drug-likeness (QED) is 0.639. The van der Waals surface area contributed by atoms with Crippen molar-refractivity contribution in [3.8, 4) is 11.4 Å². The van der Waals surface area contributed by atoms with Gasteiger partial charge in [0.25, 0.3) is 5.56 Å². The highest BCUT2D eigenvalue weighted by Gasteiger charge is 2.18. The summed E-state index contributed by atoms with van der Waals surface area (Å²) in [6.07, 6.45) is 8.16. The first-order chi connectivity index (χ1) is 14.1. The van der Waals surface area contributed by atoms with Crippen molar-refractivity contribution >= 4 is 17.0 Å². The van der Waals surface area contributed by atoms with Gasteiger partial charge >= 0.3 is 5.69 Å². The summed E-state index contributed by atoms with van der Waals surface area (Å²) in [6.45, 7) is 4.87. The van der Waals surface area contributed by atoms with Crippen LogP contribution < -0.4 is 16.6 Å². The number of fused-ring (bicyclic) bond motifs is 1. The van der Waals surface area contributed by atoms with Crippen molar-refractivity contribution in [3.05, 3.63) is 39.2 Å². The fourth-order valence-corrected chi connectivity index (χ4v) is 4.05. The number of pyridine rings is 1. The zero-order valence-electron chi connectivity index (χ0n) is 17.1. The molecule has 1 fully saturated rings. The van der Waals surface area contributed by atoms with Crippen molar-refractivity contribution in [2.45, 2.75) is 71.5 Å². The van der Waals surface area contributed by atoms with Crippen LogP contribution in [0.2, 0.25) is 0 Å². The molecule has 1 aliphatic carbocycles. The molecule has 0 unspecified atom stereocenters. The minimum Gasteiger partial charge on any atom is -0.367 e. The first kappa shape index (κ1) is 19.4. The Hall–Kier alpha value is -2.90. The summed E-state index contributed by atoms with van der Waals surface area (Å²) >= 11 is 0. The number of imidazole rings is 1. The highest BCUT2D eigenvalue weighted by molar-refractivity contribution is 5.75. The Balaban J connectivity index is 1.73. The van der Waals surface area contributed by atoms with Crippen LogP contribution in [-0.4, -0.2) is 30.1 Å². The van der Waals surface area contributed by atoms with Crippen LogP contribution in [0.3, 0.4) is 0 Å². The molecule has 4 rings (SSSR count). The Bertz CT molecular complexity index is 1100. The molecule has 3 heterocycles. The van der Waals surface area contributed by atoms with Gasteiger partial charge in [-0.3, -0.25) is 13.9 Å². The lowest BCUT2D eigenvalue weighted by molar-refractivity contribution is 0.555. The van der Waals surface area contributed by atoms with Crippen molar-refractivity contribution in [2.75, 3.05) is 5.32 Å². The number of aryl methyl sites for hydroxylation is 1. The van der Waals surface area contributed by atoms with Crippen LogP contribution in [0.1, 0.15) is 52.4 Å². The minimum absolute atomic E-state index is 0.293. The molecule has 8 heteroatoms. The summed E-state index contributed by atoms with van der Waals surface area (Å²) in [5.41, 5.74) is 0.964. The van der Waals surface area contributed by atoms with E-state index in [1.165, 1.54) is 30.3 Å². The van der Waals surface area contributed by atoms with Gasteiger partial charge < -0.3 is 10.3 Å². The fourth-order valence-electron chi connectivity index (χ4n) is 4.05. The third-order valence-electron chi connectivity index (χ3n) is 5.50. The number of hydrogen-bond donors (Lipinski definition) is 2. The average Bonchev–Trinajstić information content (AvgIpc) is 3.39. The van der Waals surface area contributed by atoms with E-state index in [2.05, 4.69) is 20.3 Å². The van der Waals surface area contributed by atoms with E-state index in [0.717, 1.165) is 17.8 Å². The number of nitrogens with zero attached hydrogens (tertiary/aromatic N) is 4. The van der Waals surface area contributed by atoms with Crippen LogP contribution >= 0.6 is 0 Å². The van der Waals surface area contributed by atoms with Gasteiger partial charge in [0.05, 0.1) is 0 Å². The molecule has 1 aliphatic rings. The van der Waals surface area contributed by atoms with Gasteiger partial charge in [-0.15, -0.1) is 0 Å². The van der Waals surface area contributed by atoms with Crippen LogP contribution in [0, 0.1) is 0 Å². The third kappa shape index (κ3) is 3.71. The van der Waals surface area contributed by atoms with E-state index in [4.69, 9.17) is 0 Å². The van der Waals surface area contributed by atoms with E-state index >= 15 is 0 Å². The van der Waals surface area contributed by atoms with Crippen LogP contribution in [0.15, 0.2) is 27.9 Å².